The molecular formula is C43H52O15. The third-order valence-electron chi connectivity index (χ3n) is 12.4. The number of carbonyl (C=O) groups excluding carboxylic acids is 2. The second-order valence-corrected chi connectivity index (χ2v) is 16.5. The molecular weight excluding hydrogens is 756 g/mol. The number of rotatable bonds is 7. The summed E-state index contributed by atoms with van der Waals surface area (Å²) in [4.78, 5) is 27.7. The molecule has 4 saturated heterocycles. The quantitative estimate of drug-likeness (QED) is 0.153. The zero-order chi connectivity index (χ0) is 41.3. The number of phenolic OH excluding ortho intramolecular Hbond substituents is 3. The molecule has 4 fully saturated rings. The van der Waals surface area contributed by atoms with Crippen LogP contribution in [0.5, 0.6) is 17.2 Å². The van der Waals surface area contributed by atoms with Gasteiger partial charge in [0.2, 0.25) is 0 Å². The van der Waals surface area contributed by atoms with Crippen LogP contribution < -0.4 is 0 Å². The van der Waals surface area contributed by atoms with E-state index in [4.69, 9.17) is 33.2 Å². The monoisotopic (exact) mass is 808 g/mol. The molecule has 3 aromatic rings. The molecule has 3 aromatic carbocycles. The number of benzene rings is 3. The summed E-state index contributed by atoms with van der Waals surface area (Å²) in [5.41, 5.74) is 0.215. The molecule has 0 bridgehead atoms. The van der Waals surface area contributed by atoms with Crippen molar-refractivity contribution in [2.45, 2.75) is 159 Å². The number of aryl methyl sites for hydroxylation is 1. The molecule has 5 aliphatic rings. The molecule has 4 aliphatic heterocycles. The number of fused-ring (bicyclic) bond motifs is 3. The summed E-state index contributed by atoms with van der Waals surface area (Å²) in [5.74, 6) is -2.38. The lowest BCUT2D eigenvalue weighted by Crippen LogP contribution is -2.53. The van der Waals surface area contributed by atoms with Gasteiger partial charge in [-0.2, -0.15) is 0 Å². The van der Waals surface area contributed by atoms with Crippen LogP contribution in [-0.4, -0.2) is 122 Å². The molecule has 58 heavy (non-hydrogen) atoms. The zero-order valence-electron chi connectivity index (χ0n) is 33.1. The summed E-state index contributed by atoms with van der Waals surface area (Å²) in [6, 6.07) is 7.38. The fourth-order valence-corrected chi connectivity index (χ4v) is 9.02. The van der Waals surface area contributed by atoms with Crippen LogP contribution in [-0.2, 0) is 33.2 Å². The van der Waals surface area contributed by atoms with Crippen molar-refractivity contribution in [1.82, 2.24) is 0 Å². The van der Waals surface area contributed by atoms with E-state index in [1.165, 1.54) is 24.3 Å². The van der Waals surface area contributed by atoms with Crippen molar-refractivity contribution in [1.29, 1.82) is 0 Å². The number of carbonyl (C=O) groups is 2. The minimum Gasteiger partial charge on any atom is -0.507 e. The molecule has 0 radical (unpaired) electrons. The van der Waals surface area contributed by atoms with E-state index in [2.05, 4.69) is 0 Å². The van der Waals surface area contributed by atoms with Crippen LogP contribution in [0.2, 0.25) is 0 Å². The van der Waals surface area contributed by atoms with Gasteiger partial charge in [-0.05, 0) is 77.3 Å². The Morgan fingerprint density at radius 3 is 1.86 bits per heavy atom. The Bertz CT molecular complexity index is 2070. The Morgan fingerprint density at radius 1 is 0.586 bits per heavy atom. The van der Waals surface area contributed by atoms with E-state index >= 15 is 0 Å². The van der Waals surface area contributed by atoms with Gasteiger partial charge in [-0.1, -0.05) is 6.07 Å². The number of aromatic hydroxyl groups is 3. The number of hydrogen-bond donors (Lipinski definition) is 6. The topological polar surface area (TPSA) is 220 Å². The predicted molar refractivity (Wildman–Crippen MR) is 204 cm³/mol. The maximum atomic E-state index is 14.0. The van der Waals surface area contributed by atoms with Crippen LogP contribution in [0.4, 0.5) is 0 Å². The van der Waals surface area contributed by atoms with E-state index < -0.39 is 96.9 Å². The lowest BCUT2D eigenvalue weighted by Gasteiger charge is -2.44. The summed E-state index contributed by atoms with van der Waals surface area (Å²) < 4.78 is 43.0. The molecule has 15 nitrogen and oxygen atoms in total. The van der Waals surface area contributed by atoms with Gasteiger partial charge in [-0.3, -0.25) is 9.59 Å². The van der Waals surface area contributed by atoms with E-state index in [0.29, 0.717) is 31.2 Å². The van der Waals surface area contributed by atoms with Crippen molar-refractivity contribution in [3.05, 3.63) is 63.7 Å². The first-order chi connectivity index (χ1) is 27.6. The Hall–Kier alpha value is -3.74. The van der Waals surface area contributed by atoms with Gasteiger partial charge in [-0.25, -0.2) is 0 Å². The van der Waals surface area contributed by atoms with E-state index in [1.54, 1.807) is 33.8 Å². The third-order valence-corrected chi connectivity index (χ3v) is 12.4. The van der Waals surface area contributed by atoms with Crippen LogP contribution in [0.3, 0.4) is 0 Å². The summed E-state index contributed by atoms with van der Waals surface area (Å²) in [6.07, 6.45) is -6.78. The molecule has 314 valence electrons. The number of aliphatic hydroxyl groups is 3. The average molecular weight is 809 g/mol. The van der Waals surface area contributed by atoms with Gasteiger partial charge in [0.1, 0.15) is 29.5 Å². The molecule has 1 aliphatic carbocycles. The van der Waals surface area contributed by atoms with E-state index in [1.807, 2.05) is 6.92 Å². The molecule has 0 spiro atoms. The van der Waals surface area contributed by atoms with Gasteiger partial charge >= 0.3 is 0 Å². The lowest BCUT2D eigenvalue weighted by molar-refractivity contribution is -0.322. The molecule has 6 N–H and O–H groups in total. The third kappa shape index (κ3) is 7.51. The van der Waals surface area contributed by atoms with Crippen molar-refractivity contribution < 1.29 is 73.4 Å². The van der Waals surface area contributed by atoms with Gasteiger partial charge in [0.05, 0.1) is 66.1 Å². The molecule has 0 saturated carbocycles. The van der Waals surface area contributed by atoms with Crippen LogP contribution in [0.15, 0.2) is 30.3 Å². The van der Waals surface area contributed by atoms with E-state index in [-0.39, 0.29) is 69.4 Å². The van der Waals surface area contributed by atoms with E-state index in [9.17, 15) is 40.2 Å². The first-order valence-corrected chi connectivity index (χ1v) is 20.2. The first-order valence-electron chi connectivity index (χ1n) is 20.2. The molecule has 14 atom stereocenters. The number of phenols is 3. The molecule has 8 rings (SSSR count). The average Bonchev–Trinajstić information content (AvgIpc) is 3.17. The van der Waals surface area contributed by atoms with Gasteiger partial charge in [-0.15, -0.1) is 0 Å². The Morgan fingerprint density at radius 2 is 1.17 bits per heavy atom. The maximum absolute atomic E-state index is 14.0. The molecule has 15 heteroatoms. The van der Waals surface area contributed by atoms with Crippen molar-refractivity contribution in [3.8, 4) is 17.2 Å². The van der Waals surface area contributed by atoms with Gasteiger partial charge < -0.3 is 63.8 Å². The standard InChI is InChI=1S/C43H52O15/c1-17-12-25-24(28(45)13-17)14-26-37(42(25)50)41(49)23-7-6-22(40(48)36(23)43(26)51)30-15-31(38(46)20(4)52-30)57-34-11-9-29(19(3)54-34)56-35-16-32(39(47)21(5)55-35)58-33-10-8-27(44)18(2)53-33/h6-7,12-14,18-21,27,29-35,38-39,44-48,50H,8-11,15-16H2,1-5H3/t18-,19+,20+,21+,27+,29-,30-,31+,32+,33-,34-,35+,38-,39-/m0/s1. The highest BCUT2D eigenvalue weighted by molar-refractivity contribution is 6.32. The summed E-state index contributed by atoms with van der Waals surface area (Å²) in [7, 11) is 0. The molecule has 0 unspecified atom stereocenters. The number of hydrogen-bond acceptors (Lipinski definition) is 15. The summed E-state index contributed by atoms with van der Waals surface area (Å²) >= 11 is 0. The van der Waals surface area contributed by atoms with Crippen molar-refractivity contribution >= 4 is 22.3 Å². The molecule has 0 aromatic heterocycles. The highest BCUT2D eigenvalue weighted by atomic mass is 16.7. The minimum absolute atomic E-state index is 0.0794. The van der Waals surface area contributed by atoms with Gasteiger partial charge in [0, 0.05) is 53.1 Å². The van der Waals surface area contributed by atoms with Crippen LogP contribution >= 0.6 is 0 Å². The number of ketones is 2. The highest BCUT2D eigenvalue weighted by Crippen LogP contribution is 2.46. The summed E-state index contributed by atoms with van der Waals surface area (Å²) in [5, 5.41) is 65.8. The predicted octanol–water partition coefficient (Wildman–Crippen LogP) is 4.31. The van der Waals surface area contributed by atoms with E-state index in [0.717, 1.165) is 0 Å². The normalized spacial score (nSPS) is 36.8. The molecule has 4 heterocycles. The molecule has 0 amide bonds. The minimum atomic E-state index is -1.05. The van der Waals surface area contributed by atoms with Crippen LogP contribution in [0, 0.1) is 6.92 Å². The Kier molecular flexibility index (Phi) is 11.3. The zero-order valence-corrected chi connectivity index (χ0v) is 33.1. The second kappa shape index (κ2) is 16.0. The van der Waals surface area contributed by atoms with Gasteiger partial charge in [0.15, 0.2) is 30.4 Å². The smallest absolute Gasteiger partial charge is 0.198 e. The summed E-state index contributed by atoms with van der Waals surface area (Å²) in [6.45, 7) is 8.80. The van der Waals surface area contributed by atoms with Gasteiger partial charge in [0.25, 0.3) is 0 Å². The lowest BCUT2D eigenvalue weighted by atomic mass is 9.79. The van der Waals surface area contributed by atoms with Crippen molar-refractivity contribution in [2.75, 3.05) is 0 Å². The Labute approximate surface area is 335 Å². The fraction of sp³-hybridized carbons (Fsp3) is 0.581. The number of aliphatic hydroxyl groups excluding tert-OH is 3. The fourth-order valence-electron chi connectivity index (χ4n) is 9.02. The second-order valence-electron chi connectivity index (χ2n) is 16.5. The van der Waals surface area contributed by atoms with Crippen LogP contribution in [0.1, 0.15) is 115 Å². The van der Waals surface area contributed by atoms with Crippen LogP contribution in [0.25, 0.3) is 10.8 Å². The largest absolute Gasteiger partial charge is 0.507 e. The number of ether oxygens (including phenoxy) is 7. The van der Waals surface area contributed by atoms with Crippen molar-refractivity contribution in [2.24, 2.45) is 0 Å². The first kappa shape index (κ1) is 41.0. The Balaban J connectivity index is 0.927. The highest BCUT2D eigenvalue weighted by Gasteiger charge is 2.45. The maximum Gasteiger partial charge on any atom is 0.198 e. The SMILES string of the molecule is Cc1cc(O)c2cc3c(c(O)c2c1)C(=O)c1ccc([C@@H]2C[C@@H](O[C@H]4CC[C@H](O[C@@H]5C[C@@H](O[C@H]6CC[C@@H](O)[C@H](C)O6)[C@@H](O)[C@@H](C)O5)[C@@H](C)O4)[C@@H](O)[C@@H](C)O2)c(O)c1C3=O. The van der Waals surface area contributed by atoms with Crippen molar-refractivity contribution in [3.63, 3.8) is 0 Å².